The zero-order valence-electron chi connectivity index (χ0n) is 12.0. The third-order valence-corrected chi connectivity index (χ3v) is 4.42. The highest BCUT2D eigenvalue weighted by Gasteiger charge is 2.28. The predicted octanol–water partition coefficient (Wildman–Crippen LogP) is 2.67. The Bertz CT molecular complexity index is 477. The number of hydrogen-bond acceptors (Lipinski definition) is 3. The Morgan fingerprint density at radius 2 is 2.30 bits per heavy atom. The molecule has 2 rings (SSSR count). The molecule has 0 radical (unpaired) electrons. The van der Waals surface area contributed by atoms with Crippen LogP contribution in [0.15, 0.2) is 22.7 Å². The number of nitrogens with one attached hydrogen (secondary N) is 1. The van der Waals surface area contributed by atoms with Crippen molar-refractivity contribution in [1.29, 1.82) is 0 Å². The summed E-state index contributed by atoms with van der Waals surface area (Å²) >= 11 is 3.47. The van der Waals surface area contributed by atoms with Crippen LogP contribution < -0.4 is 10.1 Å². The normalized spacial score (nSPS) is 18.9. The lowest BCUT2D eigenvalue weighted by molar-refractivity contribution is 0.0613. The molecule has 0 spiro atoms. The Morgan fingerprint density at radius 1 is 1.50 bits per heavy atom. The maximum Gasteiger partial charge on any atom is 0.255 e. The van der Waals surface area contributed by atoms with Crippen LogP contribution in [0, 0.1) is 0 Å². The lowest BCUT2D eigenvalue weighted by Crippen LogP contribution is -2.48. The molecule has 1 atom stereocenters. The molecule has 5 heteroatoms. The molecule has 1 unspecified atom stereocenters. The summed E-state index contributed by atoms with van der Waals surface area (Å²) in [4.78, 5) is 14.8. The monoisotopic (exact) mass is 340 g/mol. The Hall–Kier alpha value is -1.07. The van der Waals surface area contributed by atoms with Crippen molar-refractivity contribution in [2.75, 3.05) is 27.2 Å². The van der Waals surface area contributed by atoms with Crippen LogP contribution in [0.3, 0.4) is 0 Å². The number of piperidine rings is 1. The zero-order chi connectivity index (χ0) is 14.5. The summed E-state index contributed by atoms with van der Waals surface area (Å²) in [6.07, 6.45) is 3.33. The Labute approximate surface area is 128 Å². The average molecular weight is 341 g/mol. The Morgan fingerprint density at radius 3 is 3.00 bits per heavy atom. The number of likely N-dealkylation sites (tertiary alicyclic amines) is 1. The average Bonchev–Trinajstić information content (AvgIpc) is 2.48. The number of methoxy groups -OCH3 is 1. The number of halogens is 1. The van der Waals surface area contributed by atoms with Gasteiger partial charge in [0.25, 0.3) is 5.91 Å². The largest absolute Gasteiger partial charge is 0.497 e. The quantitative estimate of drug-likeness (QED) is 0.916. The van der Waals surface area contributed by atoms with E-state index in [1.165, 1.54) is 6.42 Å². The molecule has 110 valence electrons. The molecule has 1 amide bonds. The summed E-state index contributed by atoms with van der Waals surface area (Å²) in [6, 6.07) is 5.79. The van der Waals surface area contributed by atoms with Gasteiger partial charge in [0.15, 0.2) is 0 Å². The van der Waals surface area contributed by atoms with Crippen molar-refractivity contribution in [1.82, 2.24) is 10.2 Å². The second-order valence-electron chi connectivity index (χ2n) is 5.05. The van der Waals surface area contributed by atoms with E-state index < -0.39 is 0 Å². The molecule has 1 aromatic carbocycles. The van der Waals surface area contributed by atoms with Crippen LogP contribution in [-0.2, 0) is 0 Å². The standard InChI is InChI=1S/C15H21BrN2O2/c1-17-10-11-5-3-4-8-18(11)15(19)13-9-12(20-2)6-7-14(13)16/h6-7,9,11,17H,3-5,8,10H2,1-2H3. The minimum Gasteiger partial charge on any atom is -0.497 e. The van der Waals surface area contributed by atoms with Crippen LogP contribution in [0.1, 0.15) is 29.6 Å². The highest BCUT2D eigenvalue weighted by molar-refractivity contribution is 9.10. The molecule has 0 aromatic heterocycles. The van der Waals surface area contributed by atoms with Gasteiger partial charge in [0.2, 0.25) is 0 Å². The van der Waals surface area contributed by atoms with E-state index in [9.17, 15) is 4.79 Å². The molecule has 0 saturated carbocycles. The number of benzene rings is 1. The molecule has 0 aliphatic carbocycles. The number of likely N-dealkylation sites (N-methyl/N-ethyl adjacent to an activating group) is 1. The number of carbonyl (C=O) groups is 1. The van der Waals surface area contributed by atoms with Gasteiger partial charge in [-0.2, -0.15) is 0 Å². The van der Waals surface area contributed by atoms with E-state index in [1.54, 1.807) is 13.2 Å². The van der Waals surface area contributed by atoms with E-state index in [1.807, 2.05) is 24.1 Å². The summed E-state index contributed by atoms with van der Waals surface area (Å²) in [6.45, 7) is 1.67. The van der Waals surface area contributed by atoms with E-state index in [4.69, 9.17) is 4.74 Å². The molecule has 1 aliphatic rings. The van der Waals surface area contributed by atoms with Gasteiger partial charge in [0.1, 0.15) is 5.75 Å². The van der Waals surface area contributed by atoms with Gasteiger partial charge in [-0.3, -0.25) is 4.79 Å². The molecule has 1 N–H and O–H groups in total. The van der Waals surface area contributed by atoms with Gasteiger partial charge in [0, 0.05) is 23.6 Å². The molecule has 1 fully saturated rings. The first kappa shape index (κ1) is 15.3. The van der Waals surface area contributed by atoms with Crippen LogP contribution in [0.25, 0.3) is 0 Å². The molecule has 20 heavy (non-hydrogen) atoms. The fourth-order valence-electron chi connectivity index (χ4n) is 2.67. The molecule has 1 saturated heterocycles. The van der Waals surface area contributed by atoms with Crippen LogP contribution in [0.4, 0.5) is 0 Å². The first-order valence-corrected chi connectivity index (χ1v) is 7.75. The van der Waals surface area contributed by atoms with Crippen molar-refractivity contribution in [2.45, 2.75) is 25.3 Å². The highest BCUT2D eigenvalue weighted by atomic mass is 79.9. The summed E-state index contributed by atoms with van der Waals surface area (Å²) in [5.74, 6) is 0.787. The fourth-order valence-corrected chi connectivity index (χ4v) is 3.08. The summed E-state index contributed by atoms with van der Waals surface area (Å²) in [5, 5.41) is 3.18. The first-order chi connectivity index (χ1) is 9.67. The molecule has 1 aromatic rings. The van der Waals surface area contributed by atoms with E-state index in [0.717, 1.165) is 30.4 Å². The fraction of sp³-hybridized carbons (Fsp3) is 0.533. The van der Waals surface area contributed by atoms with E-state index in [-0.39, 0.29) is 11.9 Å². The first-order valence-electron chi connectivity index (χ1n) is 6.96. The maximum atomic E-state index is 12.8. The number of nitrogens with zero attached hydrogens (tertiary/aromatic N) is 1. The summed E-state index contributed by atoms with van der Waals surface area (Å²) < 4.78 is 6.03. The van der Waals surface area contributed by atoms with Gasteiger partial charge in [0.05, 0.1) is 12.7 Å². The molecular formula is C15H21BrN2O2. The minimum absolute atomic E-state index is 0.0794. The number of carbonyl (C=O) groups excluding carboxylic acids is 1. The smallest absolute Gasteiger partial charge is 0.255 e. The number of amides is 1. The van der Waals surface area contributed by atoms with Crippen molar-refractivity contribution in [3.63, 3.8) is 0 Å². The van der Waals surface area contributed by atoms with Gasteiger partial charge >= 0.3 is 0 Å². The lowest BCUT2D eigenvalue weighted by Gasteiger charge is -2.36. The van der Waals surface area contributed by atoms with Crippen LogP contribution in [-0.4, -0.2) is 44.1 Å². The highest BCUT2D eigenvalue weighted by Crippen LogP contribution is 2.26. The van der Waals surface area contributed by atoms with Gasteiger partial charge in [-0.05, 0) is 60.4 Å². The van der Waals surface area contributed by atoms with Crippen molar-refractivity contribution < 1.29 is 9.53 Å². The van der Waals surface area contributed by atoms with E-state index in [0.29, 0.717) is 11.3 Å². The zero-order valence-corrected chi connectivity index (χ0v) is 13.6. The van der Waals surface area contributed by atoms with E-state index >= 15 is 0 Å². The van der Waals surface area contributed by atoms with E-state index in [2.05, 4.69) is 21.2 Å². The number of hydrogen-bond donors (Lipinski definition) is 1. The Kier molecular flexibility index (Phi) is 5.43. The Balaban J connectivity index is 2.24. The molecule has 1 aliphatic heterocycles. The predicted molar refractivity (Wildman–Crippen MR) is 83.3 cm³/mol. The molecule has 4 nitrogen and oxygen atoms in total. The lowest BCUT2D eigenvalue weighted by atomic mass is 10.0. The van der Waals surface area contributed by atoms with Crippen molar-refractivity contribution >= 4 is 21.8 Å². The van der Waals surface area contributed by atoms with Crippen LogP contribution in [0.2, 0.25) is 0 Å². The molecule has 0 bridgehead atoms. The van der Waals surface area contributed by atoms with Gasteiger partial charge in [-0.15, -0.1) is 0 Å². The van der Waals surface area contributed by atoms with Crippen LogP contribution >= 0.6 is 15.9 Å². The number of rotatable bonds is 4. The maximum absolute atomic E-state index is 12.8. The van der Waals surface area contributed by atoms with Crippen molar-refractivity contribution in [3.8, 4) is 5.75 Å². The number of ether oxygens (including phenoxy) is 1. The van der Waals surface area contributed by atoms with Crippen LogP contribution in [0.5, 0.6) is 5.75 Å². The van der Waals surface area contributed by atoms with Crippen molar-refractivity contribution in [3.05, 3.63) is 28.2 Å². The van der Waals surface area contributed by atoms with Gasteiger partial charge in [-0.1, -0.05) is 0 Å². The third-order valence-electron chi connectivity index (χ3n) is 3.73. The second-order valence-corrected chi connectivity index (χ2v) is 5.91. The third kappa shape index (κ3) is 3.33. The SMILES string of the molecule is CNCC1CCCCN1C(=O)c1cc(OC)ccc1Br. The summed E-state index contributed by atoms with van der Waals surface area (Å²) in [7, 11) is 3.54. The second kappa shape index (κ2) is 7.09. The molecule has 1 heterocycles. The topological polar surface area (TPSA) is 41.6 Å². The minimum atomic E-state index is 0.0794. The summed E-state index contributed by atoms with van der Waals surface area (Å²) in [5.41, 5.74) is 0.673. The van der Waals surface area contributed by atoms with Crippen molar-refractivity contribution in [2.24, 2.45) is 0 Å². The molecular weight excluding hydrogens is 320 g/mol. The van der Waals surface area contributed by atoms with Gasteiger partial charge in [-0.25, -0.2) is 0 Å². The van der Waals surface area contributed by atoms with Gasteiger partial charge < -0.3 is 15.0 Å².